The molecule has 9 nitrogen and oxygen atoms in total. The van der Waals surface area contributed by atoms with Gasteiger partial charge in [-0.2, -0.15) is 8.42 Å². The van der Waals surface area contributed by atoms with Crippen LogP contribution in [0, 0.1) is 0 Å². The van der Waals surface area contributed by atoms with Gasteiger partial charge >= 0.3 is 0 Å². The number of unbranched alkanes of at least 4 members (excludes halogenated alkanes) is 2. The van der Waals surface area contributed by atoms with Crippen LogP contribution in [0.2, 0.25) is 0 Å². The second kappa shape index (κ2) is 24.7. The van der Waals surface area contributed by atoms with Crippen molar-refractivity contribution in [2.24, 2.45) is 0 Å². The topological polar surface area (TPSA) is 103 Å². The fraction of sp³-hybridized carbons (Fsp3) is 0.500. The SMILES string of the molecule is C=CC(=O)NC(C)(C)C.CC(C)(C)N1CC1.CC(C)(C)OS(C)(=O)=O.CCCCOCCCOc1ccc(C2(c3ccc(OCCCC)cc3)c3ccccc3-c3ccccc32)cc1. The Kier molecular flexibility index (Phi) is 20.8. The number of nitrogens with zero attached hydrogens (tertiary/aromatic N) is 1. The Hall–Kier alpha value is -4.48. The van der Waals surface area contributed by atoms with Crippen LogP contribution in [-0.4, -0.2) is 81.7 Å². The summed E-state index contributed by atoms with van der Waals surface area (Å²) in [5.74, 6) is 1.69. The van der Waals surface area contributed by atoms with Crippen LogP contribution in [0.1, 0.15) is 131 Å². The highest BCUT2D eigenvalue weighted by Gasteiger charge is 2.45. The molecule has 1 amide bonds. The maximum atomic E-state index is 10.6. The van der Waals surface area contributed by atoms with Crippen molar-refractivity contribution < 1.29 is 31.6 Å². The minimum Gasteiger partial charge on any atom is -0.494 e. The molecule has 6 rings (SSSR count). The standard InChI is InChI=1S/C36H40O3.C7H13NO.C6H13N.C5H12O3S/c1-3-5-24-37-25-11-27-39-31-22-18-29(19-23-31)36(28-16-20-30(21-17-28)38-26-6-4-2)34-14-9-7-12-32(34)33-13-8-10-15-35(33)36;1-5-6(9)8-7(2,3)4;1-6(2,3)7-4-5-7;1-5(2,3)8-9(4,6)7/h7-10,12-23H,3-6,11,24-27H2,1-2H3;5H,1H2,2-4H3,(H,8,9);4-5H2,1-3H3;1-4H3. The minimum atomic E-state index is -3.28. The Morgan fingerprint density at radius 3 is 1.42 bits per heavy atom. The fourth-order valence-electron chi connectivity index (χ4n) is 7.26. The van der Waals surface area contributed by atoms with Crippen molar-refractivity contribution in [1.82, 2.24) is 10.2 Å². The molecule has 1 aliphatic heterocycles. The lowest BCUT2D eigenvalue weighted by Crippen LogP contribution is -2.39. The predicted molar refractivity (Wildman–Crippen MR) is 265 cm³/mol. The summed E-state index contributed by atoms with van der Waals surface area (Å²) in [6.07, 6.45) is 7.67. The van der Waals surface area contributed by atoms with E-state index in [1.165, 1.54) is 52.5 Å². The van der Waals surface area contributed by atoms with Gasteiger partial charge in [-0.3, -0.25) is 13.9 Å². The van der Waals surface area contributed by atoms with E-state index in [1.54, 1.807) is 20.8 Å². The highest BCUT2D eigenvalue weighted by atomic mass is 32.2. The normalized spacial score (nSPS) is 13.9. The van der Waals surface area contributed by atoms with E-state index in [0.29, 0.717) is 12.1 Å². The second-order valence-corrected chi connectivity index (χ2v) is 20.8. The van der Waals surface area contributed by atoms with E-state index in [-0.39, 0.29) is 11.4 Å². The summed E-state index contributed by atoms with van der Waals surface area (Å²) in [6, 6.07) is 35.1. The third-order valence-corrected chi connectivity index (χ3v) is 10.9. The van der Waals surface area contributed by atoms with Crippen LogP contribution < -0.4 is 14.8 Å². The quantitative estimate of drug-likeness (QED) is 0.0452. The number of ether oxygens (including phenoxy) is 3. The molecular formula is C54H78N2O7S. The first-order valence-corrected chi connectivity index (χ1v) is 24.7. The highest BCUT2D eigenvalue weighted by molar-refractivity contribution is 7.86. The Balaban J connectivity index is 0.000000352. The lowest BCUT2D eigenvalue weighted by atomic mass is 9.68. The van der Waals surface area contributed by atoms with E-state index in [2.05, 4.69) is 153 Å². The molecule has 0 saturated carbocycles. The van der Waals surface area contributed by atoms with Crippen LogP contribution in [0.15, 0.2) is 110 Å². The van der Waals surface area contributed by atoms with Gasteiger partial charge in [-0.15, -0.1) is 0 Å². The van der Waals surface area contributed by atoms with E-state index in [9.17, 15) is 13.2 Å². The number of benzene rings is 4. The Morgan fingerprint density at radius 2 is 1.09 bits per heavy atom. The molecule has 1 N–H and O–H groups in total. The number of carbonyl (C=O) groups excluding carboxylic acids is 1. The number of hydrogen-bond donors (Lipinski definition) is 1. The van der Waals surface area contributed by atoms with Crippen LogP contribution >= 0.6 is 0 Å². The number of nitrogens with one attached hydrogen (secondary N) is 1. The van der Waals surface area contributed by atoms with Gasteiger partial charge in [0.1, 0.15) is 11.5 Å². The third-order valence-electron chi connectivity index (χ3n) is 10.1. The molecule has 10 heteroatoms. The molecule has 0 spiro atoms. The molecule has 1 saturated heterocycles. The number of fused-ring (bicyclic) bond motifs is 3. The van der Waals surface area contributed by atoms with Crippen molar-refractivity contribution in [3.8, 4) is 22.6 Å². The second-order valence-electron chi connectivity index (χ2n) is 19.3. The maximum Gasteiger partial charge on any atom is 0.264 e. The molecule has 352 valence electrons. The minimum absolute atomic E-state index is 0.123. The maximum absolute atomic E-state index is 10.6. The lowest BCUT2D eigenvalue weighted by molar-refractivity contribution is -0.117. The van der Waals surface area contributed by atoms with Gasteiger partial charge in [0.05, 0.1) is 30.5 Å². The molecule has 64 heavy (non-hydrogen) atoms. The van der Waals surface area contributed by atoms with Crippen molar-refractivity contribution in [3.05, 3.63) is 132 Å². The smallest absolute Gasteiger partial charge is 0.264 e. The van der Waals surface area contributed by atoms with Crippen LogP contribution in [0.4, 0.5) is 0 Å². The average Bonchev–Trinajstić information content (AvgIpc) is 4.04. The number of hydrogen-bond acceptors (Lipinski definition) is 8. The molecule has 1 fully saturated rings. The van der Waals surface area contributed by atoms with E-state index in [4.69, 9.17) is 14.2 Å². The van der Waals surface area contributed by atoms with E-state index < -0.39 is 21.1 Å². The summed E-state index contributed by atoms with van der Waals surface area (Å²) in [7, 11) is -3.28. The van der Waals surface area contributed by atoms with Crippen molar-refractivity contribution in [2.75, 3.05) is 45.8 Å². The first-order chi connectivity index (χ1) is 30.1. The summed E-state index contributed by atoms with van der Waals surface area (Å²) in [6.45, 7) is 30.9. The molecule has 0 atom stereocenters. The van der Waals surface area contributed by atoms with Gasteiger partial charge in [0.2, 0.25) is 5.91 Å². The third kappa shape index (κ3) is 17.8. The van der Waals surface area contributed by atoms with Gasteiger partial charge in [0, 0.05) is 43.8 Å². The molecule has 0 unspecified atom stereocenters. The summed E-state index contributed by atoms with van der Waals surface area (Å²) in [5, 5.41) is 2.71. The number of carbonyl (C=O) groups is 1. The predicted octanol–water partition coefficient (Wildman–Crippen LogP) is 11.8. The van der Waals surface area contributed by atoms with E-state index in [0.717, 1.165) is 69.7 Å². The zero-order chi connectivity index (χ0) is 47.6. The average molecular weight is 899 g/mol. The van der Waals surface area contributed by atoms with Gasteiger partial charge < -0.3 is 19.5 Å². The fourth-order valence-corrected chi connectivity index (χ4v) is 8.16. The van der Waals surface area contributed by atoms with Crippen molar-refractivity contribution >= 4 is 16.0 Å². The largest absolute Gasteiger partial charge is 0.494 e. The Bertz CT molecular complexity index is 2080. The van der Waals surface area contributed by atoms with Crippen LogP contribution in [-0.2, 0) is 29.2 Å². The monoisotopic (exact) mass is 899 g/mol. The summed E-state index contributed by atoms with van der Waals surface area (Å²) in [4.78, 5) is 13.0. The lowest BCUT2D eigenvalue weighted by Gasteiger charge is -2.34. The zero-order valence-corrected chi connectivity index (χ0v) is 41.8. The molecule has 0 aromatic heterocycles. The molecule has 2 aliphatic rings. The van der Waals surface area contributed by atoms with Crippen LogP contribution in [0.25, 0.3) is 11.1 Å². The van der Waals surface area contributed by atoms with Gasteiger partial charge in [0.15, 0.2) is 0 Å². The van der Waals surface area contributed by atoms with E-state index >= 15 is 0 Å². The summed E-state index contributed by atoms with van der Waals surface area (Å²) < 4.78 is 43.2. The van der Waals surface area contributed by atoms with Crippen molar-refractivity contribution in [1.29, 1.82) is 0 Å². The van der Waals surface area contributed by atoms with Gasteiger partial charge in [-0.1, -0.05) is 106 Å². The van der Waals surface area contributed by atoms with Gasteiger partial charge in [-0.05, 0) is 139 Å². The highest BCUT2D eigenvalue weighted by Crippen LogP contribution is 2.56. The molecule has 4 aromatic rings. The van der Waals surface area contributed by atoms with Crippen LogP contribution in [0.5, 0.6) is 11.5 Å². The molecule has 1 aliphatic carbocycles. The Labute approximate surface area is 387 Å². The molecular weight excluding hydrogens is 821 g/mol. The molecule has 1 heterocycles. The molecule has 4 aromatic carbocycles. The molecule has 0 radical (unpaired) electrons. The van der Waals surface area contributed by atoms with Crippen molar-refractivity contribution in [3.63, 3.8) is 0 Å². The zero-order valence-electron chi connectivity index (χ0n) is 41.0. The first kappa shape index (κ1) is 53.9. The van der Waals surface area contributed by atoms with Crippen LogP contribution in [0.3, 0.4) is 0 Å². The van der Waals surface area contributed by atoms with Gasteiger partial charge in [0.25, 0.3) is 10.1 Å². The number of rotatable bonds is 16. The van der Waals surface area contributed by atoms with Gasteiger partial charge in [-0.25, -0.2) is 0 Å². The van der Waals surface area contributed by atoms with Crippen molar-refractivity contribution in [2.45, 2.75) is 130 Å². The Morgan fingerprint density at radius 1 is 0.672 bits per heavy atom. The molecule has 0 bridgehead atoms. The number of amides is 1. The summed E-state index contributed by atoms with van der Waals surface area (Å²) >= 11 is 0. The van der Waals surface area contributed by atoms with E-state index in [1.807, 2.05) is 20.8 Å². The first-order valence-electron chi connectivity index (χ1n) is 22.9. The summed E-state index contributed by atoms with van der Waals surface area (Å²) in [5.41, 5.74) is 6.95.